The van der Waals surface area contributed by atoms with Crippen LogP contribution in [0, 0.1) is 0 Å². The average molecular weight is 278 g/mol. The van der Waals surface area contributed by atoms with Gasteiger partial charge in [0.05, 0.1) is 15.9 Å². The van der Waals surface area contributed by atoms with E-state index >= 15 is 0 Å². The molecule has 2 heterocycles. The van der Waals surface area contributed by atoms with E-state index in [1.54, 1.807) is 11.3 Å². The van der Waals surface area contributed by atoms with Crippen LogP contribution in [-0.2, 0) is 0 Å². The Labute approximate surface area is 119 Å². The van der Waals surface area contributed by atoms with Gasteiger partial charge < -0.3 is 5.32 Å². The van der Waals surface area contributed by atoms with Crippen molar-refractivity contribution >= 4 is 39.2 Å². The predicted molar refractivity (Wildman–Crippen MR) is 81.4 cm³/mol. The number of hydrogen-bond donors (Lipinski definition) is 1. The van der Waals surface area contributed by atoms with E-state index in [-0.39, 0.29) is 5.91 Å². The summed E-state index contributed by atoms with van der Waals surface area (Å²) in [5, 5.41) is 3.80. The van der Waals surface area contributed by atoms with Crippen LogP contribution < -0.4 is 5.32 Å². The molecule has 1 aliphatic rings. The van der Waals surface area contributed by atoms with Gasteiger partial charge in [0.2, 0.25) is 0 Å². The molecule has 1 N–H and O–H groups in total. The zero-order chi connectivity index (χ0) is 13.5. The highest BCUT2D eigenvalue weighted by molar-refractivity contribution is 7.19. The lowest BCUT2D eigenvalue weighted by Crippen LogP contribution is -2.11. The summed E-state index contributed by atoms with van der Waals surface area (Å²) in [5.74, 6) is -0.0482. The molecule has 0 aliphatic carbocycles. The number of amides is 1. The highest BCUT2D eigenvalue weighted by Gasteiger charge is 2.22. The van der Waals surface area contributed by atoms with Crippen LogP contribution in [0.5, 0.6) is 0 Å². The number of carbonyl (C=O) groups is 1. The van der Waals surface area contributed by atoms with Gasteiger partial charge in [-0.25, -0.2) is 4.98 Å². The van der Waals surface area contributed by atoms with E-state index in [2.05, 4.69) is 16.4 Å². The molecule has 0 radical (unpaired) electrons. The topological polar surface area (TPSA) is 42.0 Å². The standard InChI is InChI=1S/C16H10N2OS/c19-16-11-6-2-1-5-10(11)13(18-16)9-15-17-12-7-3-4-8-14(12)20-15/h1-9H,(H,18,19)/b13-9+. The van der Waals surface area contributed by atoms with Crippen molar-refractivity contribution in [2.45, 2.75) is 0 Å². The fraction of sp³-hybridized carbons (Fsp3) is 0. The minimum atomic E-state index is -0.0482. The Morgan fingerprint density at radius 3 is 2.60 bits per heavy atom. The van der Waals surface area contributed by atoms with Crippen molar-refractivity contribution in [1.82, 2.24) is 10.3 Å². The first kappa shape index (κ1) is 11.4. The Morgan fingerprint density at radius 1 is 1.00 bits per heavy atom. The van der Waals surface area contributed by atoms with Gasteiger partial charge in [0, 0.05) is 11.1 Å². The number of aromatic nitrogens is 1. The Hall–Kier alpha value is -2.46. The van der Waals surface area contributed by atoms with Crippen LogP contribution >= 0.6 is 11.3 Å². The smallest absolute Gasteiger partial charge is 0.256 e. The Bertz CT molecular complexity index is 831. The molecule has 3 nitrogen and oxygen atoms in total. The van der Waals surface area contributed by atoms with E-state index in [0.29, 0.717) is 0 Å². The lowest BCUT2D eigenvalue weighted by atomic mass is 10.1. The Kier molecular flexibility index (Phi) is 2.44. The van der Waals surface area contributed by atoms with E-state index in [4.69, 9.17) is 0 Å². The molecular weight excluding hydrogens is 268 g/mol. The summed E-state index contributed by atoms with van der Waals surface area (Å²) in [6.07, 6.45) is 1.94. The fourth-order valence-corrected chi connectivity index (χ4v) is 3.27. The van der Waals surface area contributed by atoms with Crippen LogP contribution in [0.1, 0.15) is 20.9 Å². The minimum absolute atomic E-state index is 0.0482. The number of rotatable bonds is 1. The minimum Gasteiger partial charge on any atom is -0.321 e. The molecule has 0 spiro atoms. The van der Waals surface area contributed by atoms with E-state index in [0.717, 1.165) is 32.0 Å². The van der Waals surface area contributed by atoms with Gasteiger partial charge in [0.15, 0.2) is 0 Å². The van der Waals surface area contributed by atoms with Gasteiger partial charge in [-0.15, -0.1) is 11.3 Å². The van der Waals surface area contributed by atoms with Crippen molar-refractivity contribution in [2.24, 2.45) is 0 Å². The number of benzene rings is 2. The molecule has 3 aromatic rings. The zero-order valence-electron chi connectivity index (χ0n) is 10.5. The van der Waals surface area contributed by atoms with E-state index in [9.17, 15) is 4.79 Å². The summed E-state index contributed by atoms with van der Waals surface area (Å²) >= 11 is 1.62. The molecule has 0 saturated carbocycles. The quantitative estimate of drug-likeness (QED) is 0.739. The molecule has 96 valence electrons. The second kappa shape index (κ2) is 4.28. The van der Waals surface area contributed by atoms with E-state index < -0.39 is 0 Å². The normalized spacial score (nSPS) is 15.6. The van der Waals surface area contributed by atoms with Gasteiger partial charge in [0.1, 0.15) is 5.01 Å². The highest BCUT2D eigenvalue weighted by Crippen LogP contribution is 2.29. The van der Waals surface area contributed by atoms with Crippen LogP contribution in [0.25, 0.3) is 22.0 Å². The number of hydrogen-bond acceptors (Lipinski definition) is 3. The van der Waals surface area contributed by atoms with Crippen molar-refractivity contribution < 1.29 is 4.79 Å². The zero-order valence-corrected chi connectivity index (χ0v) is 11.3. The SMILES string of the molecule is O=C1N/C(=C/c2nc3ccccc3s2)c2ccccc21. The predicted octanol–water partition coefficient (Wildman–Crippen LogP) is 3.54. The third-order valence-electron chi connectivity index (χ3n) is 3.29. The maximum atomic E-state index is 11.9. The number of thiazole rings is 1. The summed E-state index contributed by atoms with van der Waals surface area (Å²) in [7, 11) is 0. The van der Waals surface area contributed by atoms with Crippen molar-refractivity contribution in [3.8, 4) is 0 Å². The second-order valence-corrected chi connectivity index (χ2v) is 5.64. The third kappa shape index (κ3) is 1.73. The molecule has 4 rings (SSSR count). The van der Waals surface area contributed by atoms with Gasteiger partial charge in [0.25, 0.3) is 5.91 Å². The lowest BCUT2D eigenvalue weighted by molar-refractivity contribution is 0.0981. The van der Waals surface area contributed by atoms with Crippen LogP contribution in [0.4, 0.5) is 0 Å². The maximum Gasteiger partial charge on any atom is 0.256 e. The highest BCUT2D eigenvalue weighted by atomic mass is 32.1. The van der Waals surface area contributed by atoms with Crippen molar-refractivity contribution in [1.29, 1.82) is 0 Å². The molecule has 0 atom stereocenters. The molecule has 1 aliphatic heterocycles. The van der Waals surface area contributed by atoms with E-state index in [1.807, 2.05) is 48.5 Å². The fourth-order valence-electron chi connectivity index (χ4n) is 2.36. The summed E-state index contributed by atoms with van der Waals surface area (Å²) < 4.78 is 1.15. The largest absolute Gasteiger partial charge is 0.321 e. The average Bonchev–Trinajstić information content (AvgIpc) is 3.01. The van der Waals surface area contributed by atoms with Crippen molar-refractivity contribution in [2.75, 3.05) is 0 Å². The van der Waals surface area contributed by atoms with Gasteiger partial charge in [-0.1, -0.05) is 30.3 Å². The molecule has 1 aromatic heterocycles. The summed E-state index contributed by atoms with van der Waals surface area (Å²) in [4.78, 5) is 16.4. The van der Waals surface area contributed by atoms with E-state index in [1.165, 1.54) is 0 Å². The number of nitrogens with one attached hydrogen (secondary N) is 1. The summed E-state index contributed by atoms with van der Waals surface area (Å²) in [5.41, 5.74) is 3.48. The third-order valence-corrected chi connectivity index (χ3v) is 4.27. The monoisotopic (exact) mass is 278 g/mol. The summed E-state index contributed by atoms with van der Waals surface area (Å²) in [6, 6.07) is 15.6. The molecule has 0 unspecified atom stereocenters. The molecule has 0 fully saturated rings. The number of para-hydroxylation sites is 1. The second-order valence-electron chi connectivity index (χ2n) is 4.58. The van der Waals surface area contributed by atoms with Gasteiger partial charge in [-0.3, -0.25) is 4.79 Å². The van der Waals surface area contributed by atoms with Gasteiger partial charge in [-0.2, -0.15) is 0 Å². The summed E-state index contributed by atoms with van der Waals surface area (Å²) in [6.45, 7) is 0. The molecular formula is C16H10N2OS. The van der Waals surface area contributed by atoms with Crippen LogP contribution in [0.15, 0.2) is 48.5 Å². The number of carbonyl (C=O) groups excluding carboxylic acids is 1. The molecule has 0 bridgehead atoms. The van der Waals surface area contributed by atoms with Crippen LogP contribution in [0.3, 0.4) is 0 Å². The maximum absolute atomic E-state index is 11.9. The Morgan fingerprint density at radius 2 is 1.75 bits per heavy atom. The van der Waals surface area contributed by atoms with Gasteiger partial charge >= 0.3 is 0 Å². The van der Waals surface area contributed by atoms with Crippen LogP contribution in [-0.4, -0.2) is 10.9 Å². The van der Waals surface area contributed by atoms with Crippen LogP contribution in [0.2, 0.25) is 0 Å². The first-order chi connectivity index (χ1) is 9.81. The van der Waals surface area contributed by atoms with Crippen molar-refractivity contribution in [3.63, 3.8) is 0 Å². The molecule has 0 saturated heterocycles. The first-order valence-corrected chi connectivity index (χ1v) is 7.11. The lowest BCUT2D eigenvalue weighted by Gasteiger charge is -1.97. The van der Waals surface area contributed by atoms with Gasteiger partial charge in [-0.05, 0) is 24.3 Å². The number of fused-ring (bicyclic) bond motifs is 2. The molecule has 4 heteroatoms. The van der Waals surface area contributed by atoms with Crippen molar-refractivity contribution in [3.05, 3.63) is 64.7 Å². The molecule has 2 aromatic carbocycles. The molecule has 1 amide bonds. The first-order valence-electron chi connectivity index (χ1n) is 6.29. The molecule has 20 heavy (non-hydrogen) atoms. The Balaban J connectivity index is 1.83. The number of nitrogens with zero attached hydrogens (tertiary/aromatic N) is 1.